The predicted molar refractivity (Wildman–Crippen MR) is 113 cm³/mol. The van der Waals surface area contributed by atoms with E-state index in [1.165, 1.54) is 63.4 Å². The highest BCUT2D eigenvalue weighted by molar-refractivity contribution is 5.93. The molecule has 3 aliphatic carbocycles. The van der Waals surface area contributed by atoms with Crippen molar-refractivity contribution in [1.82, 2.24) is 0 Å². The minimum absolute atomic E-state index is 0.290. The van der Waals surface area contributed by atoms with Gasteiger partial charge in [0.05, 0.1) is 5.60 Å². The van der Waals surface area contributed by atoms with E-state index in [1.807, 2.05) is 12.1 Å². The quantitative estimate of drug-likeness (QED) is 0.636. The average Bonchev–Trinajstić information content (AvgIpc) is 3.05. The lowest BCUT2D eigenvalue weighted by Crippen LogP contribution is -2.31. The molecule has 3 heteroatoms. The Hall–Kier alpha value is -1.35. The van der Waals surface area contributed by atoms with Gasteiger partial charge in [-0.05, 0) is 74.0 Å². The summed E-state index contributed by atoms with van der Waals surface area (Å²) in [4.78, 5) is 11.6. The smallest absolute Gasteiger partial charge is 0.248 e. The van der Waals surface area contributed by atoms with E-state index in [9.17, 15) is 9.90 Å². The van der Waals surface area contributed by atoms with Crippen LogP contribution in [0.15, 0.2) is 24.3 Å². The SMILES string of the molecule is CCCC1(c2cccc(C(N)=O)c2)C2CC(CCCC3(O)CCCCC3)CC21. The zero-order valence-electron chi connectivity index (χ0n) is 17.5. The number of fused-ring (bicyclic) bond motifs is 1. The van der Waals surface area contributed by atoms with Crippen LogP contribution in [-0.2, 0) is 5.41 Å². The van der Waals surface area contributed by atoms with Crippen LogP contribution in [0.2, 0.25) is 0 Å². The summed E-state index contributed by atoms with van der Waals surface area (Å²) in [5, 5.41) is 10.7. The second-order valence-electron chi connectivity index (χ2n) is 9.96. The summed E-state index contributed by atoms with van der Waals surface area (Å²) in [6, 6.07) is 8.11. The van der Waals surface area contributed by atoms with Crippen LogP contribution in [0, 0.1) is 17.8 Å². The highest BCUT2D eigenvalue weighted by Crippen LogP contribution is 2.71. The van der Waals surface area contributed by atoms with Crippen LogP contribution in [0.5, 0.6) is 0 Å². The number of rotatable bonds is 8. The van der Waals surface area contributed by atoms with Crippen molar-refractivity contribution in [1.29, 1.82) is 0 Å². The maximum atomic E-state index is 11.6. The molecule has 0 bridgehead atoms. The lowest BCUT2D eigenvalue weighted by molar-refractivity contribution is -0.00672. The monoisotopic (exact) mass is 383 g/mol. The zero-order valence-corrected chi connectivity index (χ0v) is 17.5. The third-order valence-electron chi connectivity index (χ3n) is 8.26. The second kappa shape index (κ2) is 7.82. The lowest BCUT2D eigenvalue weighted by Gasteiger charge is -2.32. The van der Waals surface area contributed by atoms with Crippen LogP contribution in [0.1, 0.15) is 99.9 Å². The summed E-state index contributed by atoms with van der Waals surface area (Å²) in [5.41, 5.74) is 7.45. The van der Waals surface area contributed by atoms with E-state index in [-0.39, 0.29) is 16.9 Å². The normalized spacial score (nSPS) is 33.4. The third kappa shape index (κ3) is 3.63. The van der Waals surface area contributed by atoms with E-state index in [0.717, 1.165) is 37.0 Å². The van der Waals surface area contributed by atoms with Crippen LogP contribution in [0.3, 0.4) is 0 Å². The third-order valence-corrected chi connectivity index (χ3v) is 8.26. The Bertz CT molecular complexity index is 694. The number of hydrogen-bond acceptors (Lipinski definition) is 2. The molecular weight excluding hydrogens is 346 g/mol. The maximum absolute atomic E-state index is 11.6. The van der Waals surface area contributed by atoms with Gasteiger partial charge in [0.2, 0.25) is 5.91 Å². The molecule has 1 aromatic rings. The Labute approximate surface area is 170 Å². The summed E-state index contributed by atoms with van der Waals surface area (Å²) >= 11 is 0. The van der Waals surface area contributed by atoms with Crippen LogP contribution >= 0.6 is 0 Å². The molecule has 4 rings (SSSR count). The number of carbonyl (C=O) groups is 1. The highest BCUT2D eigenvalue weighted by Gasteiger charge is 2.67. The van der Waals surface area contributed by atoms with E-state index in [4.69, 9.17) is 5.73 Å². The van der Waals surface area contributed by atoms with Gasteiger partial charge in [-0.15, -0.1) is 0 Å². The fourth-order valence-electron chi connectivity index (χ4n) is 6.90. The molecule has 1 aromatic carbocycles. The molecule has 0 aromatic heterocycles. The molecule has 1 amide bonds. The van der Waals surface area contributed by atoms with Gasteiger partial charge in [-0.2, -0.15) is 0 Å². The van der Waals surface area contributed by atoms with Crippen LogP contribution in [-0.4, -0.2) is 16.6 Å². The Morgan fingerprint density at radius 3 is 2.50 bits per heavy atom. The molecule has 0 heterocycles. The Balaban J connectivity index is 1.35. The first-order chi connectivity index (χ1) is 13.5. The van der Waals surface area contributed by atoms with Gasteiger partial charge in [-0.3, -0.25) is 4.79 Å². The molecule has 2 unspecified atom stereocenters. The summed E-state index contributed by atoms with van der Waals surface area (Å²) in [5.74, 6) is 2.06. The second-order valence-corrected chi connectivity index (χ2v) is 9.96. The number of amides is 1. The highest BCUT2D eigenvalue weighted by atomic mass is 16.3. The molecule has 0 saturated heterocycles. The van der Waals surface area contributed by atoms with E-state index < -0.39 is 0 Å². The lowest BCUT2D eigenvalue weighted by atomic mass is 9.78. The Morgan fingerprint density at radius 1 is 1.14 bits per heavy atom. The molecular formula is C25H37NO2. The first-order valence-corrected chi connectivity index (χ1v) is 11.6. The van der Waals surface area contributed by atoms with E-state index in [0.29, 0.717) is 5.56 Å². The standard InChI is InChI=1S/C25H37NO2/c1-2-11-25(20-10-6-9-19(17-20)23(26)27)21-15-18(16-22(21)25)8-7-14-24(28)12-4-3-5-13-24/h6,9-10,17-18,21-22,28H,2-5,7-8,11-16H2,1H3,(H2,26,27). The molecule has 3 nitrogen and oxygen atoms in total. The van der Waals surface area contributed by atoms with Crippen molar-refractivity contribution in [3.63, 3.8) is 0 Å². The van der Waals surface area contributed by atoms with Crippen molar-refractivity contribution in [3.8, 4) is 0 Å². The largest absolute Gasteiger partial charge is 0.390 e. The van der Waals surface area contributed by atoms with Gasteiger partial charge in [0.1, 0.15) is 0 Å². The Morgan fingerprint density at radius 2 is 1.86 bits per heavy atom. The molecule has 3 aliphatic rings. The van der Waals surface area contributed by atoms with Crippen LogP contribution in [0.25, 0.3) is 0 Å². The van der Waals surface area contributed by atoms with Crippen molar-refractivity contribution in [2.75, 3.05) is 0 Å². The van der Waals surface area contributed by atoms with Crippen molar-refractivity contribution in [3.05, 3.63) is 35.4 Å². The van der Waals surface area contributed by atoms with Crippen LogP contribution < -0.4 is 5.73 Å². The van der Waals surface area contributed by atoms with Crippen molar-refractivity contribution in [2.45, 2.75) is 95.0 Å². The van der Waals surface area contributed by atoms with E-state index in [1.54, 1.807) is 0 Å². The number of benzene rings is 1. The summed E-state index contributed by atoms with van der Waals surface area (Å²) < 4.78 is 0. The van der Waals surface area contributed by atoms with Gasteiger partial charge >= 0.3 is 0 Å². The van der Waals surface area contributed by atoms with Gasteiger partial charge in [0.25, 0.3) is 0 Å². The van der Waals surface area contributed by atoms with Gasteiger partial charge in [0.15, 0.2) is 0 Å². The first kappa shape index (κ1) is 19.9. The van der Waals surface area contributed by atoms with Gasteiger partial charge in [-0.1, -0.05) is 57.6 Å². The minimum Gasteiger partial charge on any atom is -0.390 e. The molecule has 0 radical (unpaired) electrons. The topological polar surface area (TPSA) is 63.3 Å². The van der Waals surface area contributed by atoms with Crippen molar-refractivity contribution >= 4 is 5.91 Å². The van der Waals surface area contributed by atoms with Crippen molar-refractivity contribution < 1.29 is 9.90 Å². The van der Waals surface area contributed by atoms with E-state index >= 15 is 0 Å². The minimum atomic E-state index is -0.360. The summed E-state index contributed by atoms with van der Waals surface area (Å²) in [6.45, 7) is 2.27. The van der Waals surface area contributed by atoms with Gasteiger partial charge < -0.3 is 10.8 Å². The predicted octanol–water partition coefficient (Wildman–Crippen LogP) is 5.34. The Kier molecular flexibility index (Phi) is 5.57. The van der Waals surface area contributed by atoms with Crippen molar-refractivity contribution in [2.24, 2.45) is 23.5 Å². The zero-order chi connectivity index (χ0) is 19.8. The first-order valence-electron chi connectivity index (χ1n) is 11.6. The molecule has 3 N–H and O–H groups in total. The van der Waals surface area contributed by atoms with E-state index in [2.05, 4.69) is 19.1 Å². The van der Waals surface area contributed by atoms with Gasteiger partial charge in [-0.25, -0.2) is 0 Å². The number of hydrogen-bond donors (Lipinski definition) is 2. The molecule has 0 aliphatic heterocycles. The molecule has 0 spiro atoms. The summed E-state index contributed by atoms with van der Waals surface area (Å²) in [6.07, 6.45) is 14.2. The molecule has 154 valence electrons. The maximum Gasteiger partial charge on any atom is 0.248 e. The number of carbonyl (C=O) groups excluding carboxylic acids is 1. The average molecular weight is 384 g/mol. The molecule has 2 atom stereocenters. The van der Waals surface area contributed by atoms with Gasteiger partial charge in [0, 0.05) is 11.0 Å². The fraction of sp³-hybridized carbons (Fsp3) is 0.720. The van der Waals surface area contributed by atoms with Crippen LogP contribution in [0.4, 0.5) is 0 Å². The molecule has 28 heavy (non-hydrogen) atoms. The fourth-order valence-corrected chi connectivity index (χ4v) is 6.90. The number of aliphatic hydroxyl groups is 1. The number of primary amides is 1. The molecule has 3 fully saturated rings. The molecule has 3 saturated carbocycles. The number of nitrogens with two attached hydrogens (primary N) is 1. The summed E-state index contributed by atoms with van der Waals surface area (Å²) in [7, 11) is 0.